The Hall–Kier alpha value is -1.79. The summed E-state index contributed by atoms with van der Waals surface area (Å²) in [6.45, 7) is 10.2. The third kappa shape index (κ3) is 6.97. The Morgan fingerprint density at radius 3 is 1.95 bits per heavy atom. The normalized spacial score (nSPS) is 13.4. The minimum atomic E-state index is -1.08. The average molecular weight is 301 g/mol. The molecule has 1 unspecified atom stereocenters. The van der Waals surface area contributed by atoms with Gasteiger partial charge in [0.1, 0.15) is 12.1 Å². The number of carbonyl (C=O) groups is 3. The van der Waals surface area contributed by atoms with Crippen molar-refractivity contribution in [1.82, 2.24) is 15.5 Å². The summed E-state index contributed by atoms with van der Waals surface area (Å²) in [5, 5.41) is 13.9. The van der Waals surface area contributed by atoms with E-state index in [1.54, 1.807) is 11.8 Å². The summed E-state index contributed by atoms with van der Waals surface area (Å²) < 4.78 is 0. The molecule has 7 heteroatoms. The molecule has 0 aliphatic rings. The van der Waals surface area contributed by atoms with Gasteiger partial charge in [-0.2, -0.15) is 0 Å². The lowest BCUT2D eigenvalue weighted by molar-refractivity contribution is -0.139. The number of nitrogens with one attached hydrogen (secondary N) is 2. The third-order valence-corrected chi connectivity index (χ3v) is 3.10. The first-order valence-corrected chi connectivity index (χ1v) is 7.31. The van der Waals surface area contributed by atoms with Crippen LogP contribution in [0.15, 0.2) is 0 Å². The minimum absolute atomic E-state index is 0.140. The number of carboxylic acids is 1. The second kappa shape index (κ2) is 9.20. The van der Waals surface area contributed by atoms with Gasteiger partial charge in [0, 0.05) is 13.1 Å². The number of carbonyl (C=O) groups excluding carboxylic acids is 2. The number of hydrogen-bond acceptors (Lipinski definition) is 3. The fraction of sp³-hybridized carbons (Fsp3) is 0.786. The quantitative estimate of drug-likeness (QED) is 0.624. The first-order chi connectivity index (χ1) is 9.72. The maximum absolute atomic E-state index is 12.0. The van der Waals surface area contributed by atoms with Crippen molar-refractivity contribution in [3.8, 4) is 0 Å². The number of nitrogens with zero attached hydrogens (tertiary/aromatic N) is 1. The Morgan fingerprint density at radius 2 is 1.57 bits per heavy atom. The maximum Gasteiger partial charge on any atom is 0.326 e. The SMILES string of the molecule is CCN(CC)C(=O)C(C)NC(=O)N[C@H](CC(C)C)C(=O)O. The van der Waals surface area contributed by atoms with Gasteiger partial charge in [0.2, 0.25) is 5.91 Å². The molecule has 0 fully saturated rings. The van der Waals surface area contributed by atoms with E-state index in [1.807, 2.05) is 27.7 Å². The maximum atomic E-state index is 12.0. The highest BCUT2D eigenvalue weighted by Crippen LogP contribution is 2.05. The largest absolute Gasteiger partial charge is 0.480 e. The van der Waals surface area contributed by atoms with Crippen LogP contribution in [0.25, 0.3) is 0 Å². The minimum Gasteiger partial charge on any atom is -0.480 e. The number of urea groups is 1. The molecule has 0 aromatic heterocycles. The summed E-state index contributed by atoms with van der Waals surface area (Å²) in [6.07, 6.45) is 0.334. The zero-order chi connectivity index (χ0) is 16.6. The van der Waals surface area contributed by atoms with Gasteiger partial charge < -0.3 is 20.6 Å². The van der Waals surface area contributed by atoms with Crippen LogP contribution in [0.3, 0.4) is 0 Å². The van der Waals surface area contributed by atoms with Gasteiger partial charge >= 0.3 is 12.0 Å². The zero-order valence-corrected chi connectivity index (χ0v) is 13.5. The lowest BCUT2D eigenvalue weighted by atomic mass is 10.0. The van der Waals surface area contributed by atoms with Crippen molar-refractivity contribution in [2.24, 2.45) is 5.92 Å². The molecule has 0 saturated carbocycles. The highest BCUT2D eigenvalue weighted by Gasteiger charge is 2.24. The fourth-order valence-electron chi connectivity index (χ4n) is 1.96. The summed E-state index contributed by atoms with van der Waals surface area (Å²) in [5.41, 5.74) is 0. The van der Waals surface area contributed by atoms with E-state index in [9.17, 15) is 14.4 Å². The summed E-state index contributed by atoms with van der Waals surface area (Å²) in [4.78, 5) is 36.5. The molecule has 0 aromatic carbocycles. The van der Waals surface area contributed by atoms with Gasteiger partial charge in [-0.1, -0.05) is 13.8 Å². The topological polar surface area (TPSA) is 98.7 Å². The number of carboxylic acid groups (broad SMARTS) is 1. The van der Waals surface area contributed by atoms with Crippen molar-refractivity contribution in [2.45, 2.75) is 53.1 Å². The number of hydrogen-bond donors (Lipinski definition) is 3. The lowest BCUT2D eigenvalue weighted by Gasteiger charge is -2.24. The van der Waals surface area contributed by atoms with Crippen LogP contribution in [-0.2, 0) is 9.59 Å². The van der Waals surface area contributed by atoms with E-state index in [0.29, 0.717) is 19.5 Å². The van der Waals surface area contributed by atoms with Crippen molar-refractivity contribution in [2.75, 3.05) is 13.1 Å². The fourth-order valence-corrected chi connectivity index (χ4v) is 1.96. The summed E-state index contributed by atoms with van der Waals surface area (Å²) in [7, 11) is 0. The van der Waals surface area contributed by atoms with E-state index < -0.39 is 24.1 Å². The Balaban J connectivity index is 4.53. The molecule has 0 aliphatic carbocycles. The summed E-state index contributed by atoms with van der Waals surface area (Å²) in [6, 6.07) is -2.30. The molecule has 0 radical (unpaired) electrons. The van der Waals surface area contributed by atoms with Crippen molar-refractivity contribution < 1.29 is 19.5 Å². The van der Waals surface area contributed by atoms with Gasteiger partial charge in [-0.05, 0) is 33.1 Å². The molecule has 0 spiro atoms. The molecule has 0 rings (SSSR count). The van der Waals surface area contributed by atoms with Crippen molar-refractivity contribution in [1.29, 1.82) is 0 Å². The van der Waals surface area contributed by atoms with Crippen LogP contribution in [-0.4, -0.2) is 53.1 Å². The Labute approximate surface area is 126 Å². The van der Waals surface area contributed by atoms with Crippen LogP contribution >= 0.6 is 0 Å². The van der Waals surface area contributed by atoms with E-state index in [1.165, 1.54) is 0 Å². The van der Waals surface area contributed by atoms with E-state index in [4.69, 9.17) is 5.11 Å². The predicted octanol–water partition coefficient (Wildman–Crippen LogP) is 1.04. The summed E-state index contributed by atoms with van der Waals surface area (Å²) in [5.74, 6) is -1.13. The molecule has 0 aromatic rings. The van der Waals surface area contributed by atoms with Crippen LogP contribution in [0.1, 0.15) is 41.0 Å². The van der Waals surface area contributed by atoms with Crippen LogP contribution in [0.5, 0.6) is 0 Å². The highest BCUT2D eigenvalue weighted by molar-refractivity contribution is 5.88. The van der Waals surface area contributed by atoms with Crippen molar-refractivity contribution >= 4 is 17.9 Å². The second-order valence-electron chi connectivity index (χ2n) is 5.37. The molecular weight excluding hydrogens is 274 g/mol. The Bertz CT molecular complexity index is 367. The molecule has 0 saturated heterocycles. The van der Waals surface area contributed by atoms with Crippen LogP contribution < -0.4 is 10.6 Å². The molecule has 122 valence electrons. The standard InChI is InChI=1S/C14H27N3O4/c1-6-17(7-2)12(18)10(5)15-14(21)16-11(13(19)20)8-9(3)4/h9-11H,6-8H2,1-5H3,(H,19,20)(H2,15,16,21)/t10?,11-/m1/s1. The first-order valence-electron chi connectivity index (χ1n) is 7.31. The monoisotopic (exact) mass is 301 g/mol. The molecule has 0 aliphatic heterocycles. The van der Waals surface area contributed by atoms with E-state index in [0.717, 1.165) is 0 Å². The summed E-state index contributed by atoms with van der Waals surface area (Å²) >= 11 is 0. The van der Waals surface area contributed by atoms with Gasteiger partial charge in [-0.25, -0.2) is 9.59 Å². The van der Waals surface area contributed by atoms with Crippen molar-refractivity contribution in [3.05, 3.63) is 0 Å². The molecule has 3 N–H and O–H groups in total. The molecule has 21 heavy (non-hydrogen) atoms. The number of amides is 3. The molecule has 0 heterocycles. The van der Waals surface area contributed by atoms with Gasteiger partial charge in [-0.3, -0.25) is 4.79 Å². The number of aliphatic carboxylic acids is 1. The van der Waals surface area contributed by atoms with Gasteiger partial charge in [0.15, 0.2) is 0 Å². The van der Waals surface area contributed by atoms with E-state index in [2.05, 4.69) is 10.6 Å². The van der Waals surface area contributed by atoms with Crippen LogP contribution in [0, 0.1) is 5.92 Å². The van der Waals surface area contributed by atoms with Crippen LogP contribution in [0.2, 0.25) is 0 Å². The van der Waals surface area contributed by atoms with Crippen molar-refractivity contribution in [3.63, 3.8) is 0 Å². The molecule has 3 amide bonds. The molecular formula is C14H27N3O4. The van der Waals surface area contributed by atoms with Crippen LogP contribution in [0.4, 0.5) is 4.79 Å². The smallest absolute Gasteiger partial charge is 0.326 e. The molecule has 2 atom stereocenters. The van der Waals surface area contributed by atoms with Gasteiger partial charge in [-0.15, -0.1) is 0 Å². The predicted molar refractivity (Wildman–Crippen MR) is 79.9 cm³/mol. The average Bonchev–Trinajstić information content (AvgIpc) is 2.38. The van der Waals surface area contributed by atoms with E-state index >= 15 is 0 Å². The van der Waals surface area contributed by atoms with Gasteiger partial charge in [0.05, 0.1) is 0 Å². The number of rotatable bonds is 8. The lowest BCUT2D eigenvalue weighted by Crippen LogP contribution is -2.53. The highest BCUT2D eigenvalue weighted by atomic mass is 16.4. The second-order valence-corrected chi connectivity index (χ2v) is 5.37. The first kappa shape index (κ1) is 19.2. The Kier molecular flexibility index (Phi) is 8.42. The third-order valence-electron chi connectivity index (χ3n) is 3.10. The van der Waals surface area contributed by atoms with Gasteiger partial charge in [0.25, 0.3) is 0 Å². The zero-order valence-electron chi connectivity index (χ0n) is 13.5. The Morgan fingerprint density at radius 1 is 1.05 bits per heavy atom. The number of likely N-dealkylation sites (N-methyl/N-ethyl adjacent to an activating group) is 1. The van der Waals surface area contributed by atoms with E-state index in [-0.39, 0.29) is 11.8 Å². The molecule has 0 bridgehead atoms. The molecule has 7 nitrogen and oxygen atoms in total.